The van der Waals surface area contributed by atoms with Crippen LogP contribution in [-0.4, -0.2) is 32.8 Å². The highest BCUT2D eigenvalue weighted by Gasteiger charge is 2.11. The minimum absolute atomic E-state index is 0.250. The van der Waals surface area contributed by atoms with Crippen LogP contribution < -0.4 is 4.74 Å². The first-order valence-corrected chi connectivity index (χ1v) is 8.42. The van der Waals surface area contributed by atoms with Gasteiger partial charge in [-0.3, -0.25) is 4.79 Å². The van der Waals surface area contributed by atoms with Gasteiger partial charge >= 0.3 is 0 Å². The van der Waals surface area contributed by atoms with Crippen LogP contribution in [0.25, 0.3) is 16.8 Å². The number of fused-ring (bicyclic) bond motifs is 1. The van der Waals surface area contributed by atoms with Crippen molar-refractivity contribution in [3.05, 3.63) is 48.5 Å². The van der Waals surface area contributed by atoms with E-state index in [4.69, 9.17) is 4.74 Å². The van der Waals surface area contributed by atoms with Crippen molar-refractivity contribution in [2.24, 2.45) is 0 Å². The van der Waals surface area contributed by atoms with Crippen molar-refractivity contribution in [3.63, 3.8) is 0 Å². The van der Waals surface area contributed by atoms with E-state index in [1.54, 1.807) is 12.1 Å². The molecule has 0 amide bonds. The van der Waals surface area contributed by atoms with Gasteiger partial charge in [-0.25, -0.2) is 8.42 Å². The van der Waals surface area contributed by atoms with Gasteiger partial charge in [0.2, 0.25) is 0 Å². The largest absolute Gasteiger partial charge is 0.486 e. The SMILES string of the molecule is C=Cc1cccc2cc(OCC(=O)CS(C)(=O)=O)ccc12. The van der Waals surface area contributed by atoms with Gasteiger partial charge in [0.05, 0.1) is 0 Å². The normalized spacial score (nSPS) is 11.3. The van der Waals surface area contributed by atoms with Gasteiger partial charge in [-0.1, -0.05) is 36.9 Å². The number of hydrogen-bond acceptors (Lipinski definition) is 4. The van der Waals surface area contributed by atoms with Crippen LogP contribution in [0.4, 0.5) is 0 Å². The van der Waals surface area contributed by atoms with E-state index in [0.717, 1.165) is 22.6 Å². The highest BCUT2D eigenvalue weighted by Crippen LogP contribution is 2.24. The fourth-order valence-electron chi connectivity index (χ4n) is 2.05. The molecule has 0 aliphatic carbocycles. The second-order valence-corrected chi connectivity index (χ2v) is 6.97. The highest BCUT2D eigenvalue weighted by molar-refractivity contribution is 7.91. The summed E-state index contributed by atoms with van der Waals surface area (Å²) in [5.41, 5.74) is 1.02. The maximum atomic E-state index is 11.5. The lowest BCUT2D eigenvalue weighted by molar-refractivity contribution is -0.118. The Kier molecular flexibility index (Phi) is 4.43. The second kappa shape index (κ2) is 6.10. The molecule has 2 aromatic rings. The molecule has 0 N–H and O–H groups in total. The maximum absolute atomic E-state index is 11.5. The predicted octanol–water partition coefficient (Wildman–Crippen LogP) is 2.48. The van der Waals surface area contributed by atoms with Gasteiger partial charge < -0.3 is 4.74 Å². The molecule has 0 fully saturated rings. The van der Waals surface area contributed by atoms with Crippen molar-refractivity contribution in [2.45, 2.75) is 0 Å². The summed E-state index contributed by atoms with van der Waals surface area (Å²) in [6, 6.07) is 11.3. The summed E-state index contributed by atoms with van der Waals surface area (Å²) >= 11 is 0. The Morgan fingerprint density at radius 3 is 2.71 bits per heavy atom. The molecule has 0 saturated carbocycles. The molecule has 110 valence electrons. The van der Waals surface area contributed by atoms with Gasteiger partial charge in [0.1, 0.15) is 18.1 Å². The molecule has 0 aliphatic rings. The number of ketones is 1. The third kappa shape index (κ3) is 4.16. The second-order valence-electron chi connectivity index (χ2n) is 4.83. The molecular weight excluding hydrogens is 288 g/mol. The first-order valence-electron chi connectivity index (χ1n) is 6.36. The molecule has 0 unspecified atom stereocenters. The van der Waals surface area contributed by atoms with Crippen LogP contribution in [0.5, 0.6) is 5.75 Å². The van der Waals surface area contributed by atoms with Gasteiger partial charge in [0, 0.05) is 6.26 Å². The minimum Gasteiger partial charge on any atom is -0.486 e. The molecule has 0 aromatic heterocycles. The van der Waals surface area contributed by atoms with Crippen molar-refractivity contribution in [3.8, 4) is 5.75 Å². The number of Topliss-reactive ketones (excluding diaryl/α,β-unsaturated/α-hetero) is 1. The molecule has 2 rings (SSSR count). The van der Waals surface area contributed by atoms with Crippen molar-refractivity contribution in [2.75, 3.05) is 18.6 Å². The number of carbonyl (C=O) groups is 1. The zero-order chi connectivity index (χ0) is 15.5. The van der Waals surface area contributed by atoms with Crippen molar-refractivity contribution in [1.82, 2.24) is 0 Å². The Labute approximate surface area is 124 Å². The quantitative estimate of drug-likeness (QED) is 0.822. The summed E-state index contributed by atoms with van der Waals surface area (Å²) in [6.45, 7) is 3.51. The molecule has 0 atom stereocenters. The third-order valence-corrected chi connectivity index (χ3v) is 3.77. The third-order valence-electron chi connectivity index (χ3n) is 2.93. The van der Waals surface area contributed by atoms with Crippen molar-refractivity contribution >= 4 is 32.5 Å². The van der Waals surface area contributed by atoms with Crippen LogP contribution in [-0.2, 0) is 14.6 Å². The van der Waals surface area contributed by atoms with E-state index >= 15 is 0 Å². The van der Waals surface area contributed by atoms with E-state index in [-0.39, 0.29) is 6.61 Å². The van der Waals surface area contributed by atoms with Gasteiger partial charge in [-0.15, -0.1) is 0 Å². The first-order chi connectivity index (χ1) is 9.89. The average molecular weight is 304 g/mol. The number of rotatable bonds is 6. The summed E-state index contributed by atoms with van der Waals surface area (Å²) < 4.78 is 27.4. The topological polar surface area (TPSA) is 60.4 Å². The summed E-state index contributed by atoms with van der Waals surface area (Å²) in [5, 5.41) is 2.02. The van der Waals surface area contributed by atoms with Crippen LogP contribution in [0.2, 0.25) is 0 Å². The Balaban J connectivity index is 2.13. The molecule has 21 heavy (non-hydrogen) atoms. The average Bonchev–Trinajstić information content (AvgIpc) is 2.42. The minimum atomic E-state index is -3.31. The molecule has 0 bridgehead atoms. The highest BCUT2D eigenvalue weighted by atomic mass is 32.2. The lowest BCUT2D eigenvalue weighted by Gasteiger charge is -2.08. The summed E-state index contributed by atoms with van der Waals surface area (Å²) in [4.78, 5) is 11.5. The van der Waals surface area contributed by atoms with Gasteiger partial charge in [-0.2, -0.15) is 0 Å². The summed E-state index contributed by atoms with van der Waals surface area (Å²) in [6.07, 6.45) is 2.80. The number of ether oxygens (including phenoxy) is 1. The molecule has 0 spiro atoms. The van der Waals surface area contributed by atoms with Crippen LogP contribution in [0.15, 0.2) is 43.0 Å². The first kappa shape index (κ1) is 15.3. The molecule has 0 heterocycles. The van der Waals surface area contributed by atoms with E-state index in [1.807, 2.05) is 30.3 Å². The molecule has 4 nitrogen and oxygen atoms in total. The summed E-state index contributed by atoms with van der Waals surface area (Å²) in [7, 11) is -3.31. The number of carbonyl (C=O) groups excluding carboxylic acids is 1. The fraction of sp³-hybridized carbons (Fsp3) is 0.188. The van der Waals surface area contributed by atoms with Gasteiger partial charge in [-0.05, 0) is 28.5 Å². The van der Waals surface area contributed by atoms with Gasteiger partial charge in [0.25, 0.3) is 0 Å². The van der Waals surface area contributed by atoms with Crippen molar-refractivity contribution < 1.29 is 17.9 Å². The number of sulfone groups is 1. The Morgan fingerprint density at radius 1 is 1.29 bits per heavy atom. The van der Waals surface area contributed by atoms with Crippen molar-refractivity contribution in [1.29, 1.82) is 0 Å². The van der Waals surface area contributed by atoms with E-state index in [1.165, 1.54) is 0 Å². The van der Waals surface area contributed by atoms with E-state index in [9.17, 15) is 13.2 Å². The van der Waals surface area contributed by atoms with Crippen LogP contribution >= 0.6 is 0 Å². The smallest absolute Gasteiger partial charge is 0.185 e. The van der Waals surface area contributed by atoms with Gasteiger partial charge in [0.15, 0.2) is 15.6 Å². The molecular formula is C16H16O4S. The Bertz CT molecular complexity index is 791. The van der Waals surface area contributed by atoms with Crippen LogP contribution in [0.1, 0.15) is 5.56 Å². The monoisotopic (exact) mass is 304 g/mol. The lowest BCUT2D eigenvalue weighted by Crippen LogP contribution is -2.20. The number of benzene rings is 2. The molecule has 0 aliphatic heterocycles. The zero-order valence-corrected chi connectivity index (χ0v) is 12.5. The molecule has 0 saturated heterocycles. The molecule has 0 radical (unpaired) electrons. The maximum Gasteiger partial charge on any atom is 0.185 e. The van der Waals surface area contributed by atoms with Crippen LogP contribution in [0.3, 0.4) is 0 Å². The van der Waals surface area contributed by atoms with Crippen LogP contribution in [0, 0.1) is 0 Å². The molecule has 5 heteroatoms. The Hall–Kier alpha value is -2.14. The fourth-order valence-corrected chi connectivity index (χ4v) is 2.72. The number of hydrogen-bond donors (Lipinski definition) is 0. The zero-order valence-electron chi connectivity index (χ0n) is 11.7. The lowest BCUT2D eigenvalue weighted by atomic mass is 10.0. The van der Waals surface area contributed by atoms with E-state index in [0.29, 0.717) is 5.75 Å². The predicted molar refractivity (Wildman–Crippen MR) is 84.3 cm³/mol. The van der Waals surface area contributed by atoms with E-state index in [2.05, 4.69) is 6.58 Å². The Morgan fingerprint density at radius 2 is 2.05 bits per heavy atom. The van der Waals surface area contributed by atoms with E-state index < -0.39 is 21.4 Å². The molecule has 2 aromatic carbocycles. The standard InChI is InChI=1S/C16H16O4S/c1-3-12-5-4-6-13-9-15(7-8-16(12)13)20-10-14(17)11-21(2,18)19/h3-9H,1,10-11H2,2H3. The summed E-state index contributed by atoms with van der Waals surface area (Å²) in [5.74, 6) is -0.427.